The number of nitrogen functional groups attached to an aromatic ring is 1. The minimum atomic E-state index is -0.545. The lowest BCUT2D eigenvalue weighted by atomic mass is 10.1. The van der Waals surface area contributed by atoms with Gasteiger partial charge in [0.15, 0.2) is 0 Å². The molecule has 3 nitrogen and oxygen atoms in total. The Morgan fingerprint density at radius 3 is 2.83 bits per heavy atom. The van der Waals surface area contributed by atoms with E-state index in [1.807, 2.05) is 11.8 Å². The number of benzene rings is 1. The van der Waals surface area contributed by atoms with Crippen LogP contribution in [0.1, 0.15) is 24.2 Å². The largest absolute Gasteiger partial charge is 0.399 e. The van der Waals surface area contributed by atoms with Crippen molar-refractivity contribution in [2.45, 2.75) is 18.6 Å². The van der Waals surface area contributed by atoms with E-state index < -0.39 is 5.82 Å². The number of amides is 1. The van der Waals surface area contributed by atoms with Gasteiger partial charge in [-0.15, -0.1) is 0 Å². The number of carbonyl (C=O) groups is 1. The van der Waals surface area contributed by atoms with Gasteiger partial charge in [-0.2, -0.15) is 11.8 Å². The molecular weight excluding hydrogens is 251 g/mol. The van der Waals surface area contributed by atoms with Crippen molar-refractivity contribution in [3.8, 4) is 0 Å². The average Bonchev–Trinajstić information content (AvgIpc) is 2.27. The van der Waals surface area contributed by atoms with E-state index in [0.29, 0.717) is 18.8 Å². The highest BCUT2D eigenvalue weighted by atomic mass is 32.2. The third kappa shape index (κ3) is 2.77. The Balaban J connectivity index is 2.20. The standard InChI is InChI=1S/C13H17FN2OS/c1-13(2)8-16(5-6-18-13)12(17)10-4-3-9(15)7-11(10)14/h3-4,7H,5-6,8,15H2,1-2H3. The summed E-state index contributed by atoms with van der Waals surface area (Å²) in [7, 11) is 0. The molecule has 1 aliphatic rings. The van der Waals surface area contributed by atoms with Crippen LogP contribution in [0.3, 0.4) is 0 Å². The number of halogens is 1. The number of carbonyl (C=O) groups excluding carboxylic acids is 1. The second-order valence-corrected chi connectivity index (χ2v) is 6.88. The molecule has 1 aromatic carbocycles. The molecule has 0 spiro atoms. The van der Waals surface area contributed by atoms with Crippen LogP contribution in [0.4, 0.5) is 10.1 Å². The summed E-state index contributed by atoms with van der Waals surface area (Å²) in [4.78, 5) is 14.0. The van der Waals surface area contributed by atoms with Crippen molar-refractivity contribution in [3.63, 3.8) is 0 Å². The maximum Gasteiger partial charge on any atom is 0.256 e. The Hall–Kier alpha value is -1.23. The summed E-state index contributed by atoms with van der Waals surface area (Å²) < 4.78 is 13.7. The molecule has 18 heavy (non-hydrogen) atoms. The SMILES string of the molecule is CC1(C)CN(C(=O)c2ccc(N)cc2F)CCS1. The number of hydrogen-bond donors (Lipinski definition) is 1. The van der Waals surface area contributed by atoms with Crippen molar-refractivity contribution < 1.29 is 9.18 Å². The number of rotatable bonds is 1. The fourth-order valence-electron chi connectivity index (χ4n) is 2.06. The van der Waals surface area contributed by atoms with Crippen LogP contribution in [0, 0.1) is 5.82 Å². The fourth-order valence-corrected chi connectivity index (χ4v) is 3.18. The molecule has 0 bridgehead atoms. The topological polar surface area (TPSA) is 46.3 Å². The summed E-state index contributed by atoms with van der Waals surface area (Å²) in [5.74, 6) is 0.0897. The second-order valence-electron chi connectivity index (χ2n) is 5.07. The highest BCUT2D eigenvalue weighted by molar-refractivity contribution is 8.00. The molecular formula is C13H17FN2OS. The van der Waals surface area contributed by atoms with E-state index in [1.165, 1.54) is 12.1 Å². The molecule has 1 saturated heterocycles. The average molecular weight is 268 g/mol. The highest BCUT2D eigenvalue weighted by Gasteiger charge is 2.31. The Morgan fingerprint density at radius 1 is 1.50 bits per heavy atom. The zero-order valence-corrected chi connectivity index (χ0v) is 11.4. The maximum absolute atomic E-state index is 13.7. The summed E-state index contributed by atoms with van der Waals surface area (Å²) >= 11 is 1.84. The quantitative estimate of drug-likeness (QED) is 0.795. The molecule has 2 N–H and O–H groups in total. The molecule has 1 aliphatic heterocycles. The van der Waals surface area contributed by atoms with Crippen LogP contribution in [0.15, 0.2) is 18.2 Å². The van der Waals surface area contributed by atoms with Crippen molar-refractivity contribution in [2.24, 2.45) is 0 Å². The number of nitrogens with zero attached hydrogens (tertiary/aromatic N) is 1. The van der Waals surface area contributed by atoms with Crippen LogP contribution in [-0.2, 0) is 0 Å². The molecule has 1 amide bonds. The van der Waals surface area contributed by atoms with E-state index in [-0.39, 0.29) is 16.2 Å². The van der Waals surface area contributed by atoms with Gasteiger partial charge in [-0.3, -0.25) is 4.79 Å². The summed E-state index contributed by atoms with van der Waals surface area (Å²) in [5.41, 5.74) is 5.92. The molecule has 0 radical (unpaired) electrons. The second kappa shape index (κ2) is 4.80. The van der Waals surface area contributed by atoms with E-state index in [2.05, 4.69) is 13.8 Å². The zero-order chi connectivity index (χ0) is 13.3. The third-order valence-electron chi connectivity index (χ3n) is 2.94. The van der Waals surface area contributed by atoms with Gasteiger partial charge in [0.2, 0.25) is 0 Å². The van der Waals surface area contributed by atoms with Crippen molar-refractivity contribution >= 4 is 23.4 Å². The molecule has 5 heteroatoms. The van der Waals surface area contributed by atoms with Crippen LogP contribution in [0.25, 0.3) is 0 Å². The molecule has 0 unspecified atom stereocenters. The van der Waals surface area contributed by atoms with Gasteiger partial charge >= 0.3 is 0 Å². The van der Waals surface area contributed by atoms with Gasteiger partial charge in [0, 0.05) is 29.3 Å². The van der Waals surface area contributed by atoms with Crippen LogP contribution >= 0.6 is 11.8 Å². The highest BCUT2D eigenvalue weighted by Crippen LogP contribution is 2.30. The first kappa shape index (κ1) is 13.2. The molecule has 98 valence electrons. The van der Waals surface area contributed by atoms with Crippen molar-refractivity contribution in [1.82, 2.24) is 4.90 Å². The molecule has 1 fully saturated rings. The fraction of sp³-hybridized carbons (Fsp3) is 0.462. The Labute approximate surface area is 111 Å². The molecule has 0 aliphatic carbocycles. The van der Waals surface area contributed by atoms with Gasteiger partial charge in [0.1, 0.15) is 5.82 Å². The Kier molecular flexibility index (Phi) is 3.52. The lowest BCUT2D eigenvalue weighted by Gasteiger charge is -2.37. The lowest BCUT2D eigenvalue weighted by Crippen LogP contribution is -2.46. The molecule has 0 atom stereocenters. The first-order chi connectivity index (χ1) is 8.39. The van der Waals surface area contributed by atoms with Crippen LogP contribution in [0.5, 0.6) is 0 Å². The molecule has 1 aromatic rings. The summed E-state index contributed by atoms with van der Waals surface area (Å²) in [6, 6.07) is 4.21. The van der Waals surface area contributed by atoms with Crippen molar-refractivity contribution in [3.05, 3.63) is 29.6 Å². The minimum absolute atomic E-state index is 0.0260. The van der Waals surface area contributed by atoms with Gasteiger partial charge in [0.25, 0.3) is 5.91 Å². The number of nitrogens with two attached hydrogens (primary N) is 1. The van der Waals surface area contributed by atoms with Gasteiger partial charge < -0.3 is 10.6 Å². The normalized spacial score (nSPS) is 18.7. The first-order valence-corrected chi connectivity index (χ1v) is 6.86. The predicted molar refractivity (Wildman–Crippen MR) is 73.3 cm³/mol. The minimum Gasteiger partial charge on any atom is -0.399 e. The predicted octanol–water partition coefficient (Wildman–Crippen LogP) is 2.38. The van der Waals surface area contributed by atoms with E-state index in [0.717, 1.165) is 5.75 Å². The van der Waals surface area contributed by atoms with E-state index >= 15 is 0 Å². The summed E-state index contributed by atoms with van der Waals surface area (Å²) in [6.07, 6.45) is 0. The van der Waals surface area contributed by atoms with E-state index in [9.17, 15) is 9.18 Å². The smallest absolute Gasteiger partial charge is 0.256 e. The molecule has 2 rings (SSSR count). The summed E-state index contributed by atoms with van der Waals surface area (Å²) in [5, 5.41) is 0. The maximum atomic E-state index is 13.7. The molecule has 0 aromatic heterocycles. The molecule has 0 saturated carbocycles. The van der Waals surface area contributed by atoms with E-state index in [1.54, 1.807) is 11.0 Å². The third-order valence-corrected chi connectivity index (χ3v) is 4.23. The van der Waals surface area contributed by atoms with Gasteiger partial charge in [-0.1, -0.05) is 0 Å². The molecule has 1 heterocycles. The van der Waals surface area contributed by atoms with Gasteiger partial charge in [-0.25, -0.2) is 4.39 Å². The number of hydrogen-bond acceptors (Lipinski definition) is 3. The van der Waals surface area contributed by atoms with Crippen LogP contribution in [0.2, 0.25) is 0 Å². The lowest BCUT2D eigenvalue weighted by molar-refractivity contribution is 0.0743. The Bertz CT molecular complexity index is 476. The summed E-state index contributed by atoms with van der Waals surface area (Å²) in [6.45, 7) is 5.49. The number of anilines is 1. The van der Waals surface area contributed by atoms with E-state index in [4.69, 9.17) is 5.73 Å². The van der Waals surface area contributed by atoms with Gasteiger partial charge in [0.05, 0.1) is 5.56 Å². The van der Waals surface area contributed by atoms with Crippen molar-refractivity contribution in [2.75, 3.05) is 24.6 Å². The number of thioether (sulfide) groups is 1. The zero-order valence-electron chi connectivity index (χ0n) is 10.6. The first-order valence-electron chi connectivity index (χ1n) is 5.87. The van der Waals surface area contributed by atoms with Gasteiger partial charge in [-0.05, 0) is 32.0 Å². The van der Waals surface area contributed by atoms with Crippen molar-refractivity contribution in [1.29, 1.82) is 0 Å². The van der Waals surface area contributed by atoms with Crippen LogP contribution < -0.4 is 5.73 Å². The Morgan fingerprint density at radius 2 is 2.22 bits per heavy atom. The van der Waals surface area contributed by atoms with Crippen LogP contribution in [-0.4, -0.2) is 34.4 Å². The monoisotopic (exact) mass is 268 g/mol.